The maximum atomic E-state index is 12.1. The molecule has 0 spiro atoms. The van der Waals surface area contributed by atoms with Crippen LogP contribution in [0, 0.1) is 10.1 Å². The lowest BCUT2D eigenvalue weighted by Gasteiger charge is -2.22. The van der Waals surface area contributed by atoms with E-state index in [0.717, 1.165) is 12.1 Å². The van der Waals surface area contributed by atoms with E-state index in [1.165, 1.54) is 22.9 Å². The Kier molecular flexibility index (Phi) is 5.35. The van der Waals surface area contributed by atoms with Gasteiger partial charge in [0, 0.05) is 17.2 Å². The van der Waals surface area contributed by atoms with Crippen molar-refractivity contribution in [1.29, 1.82) is 0 Å². The topological polar surface area (TPSA) is 121 Å². The molecule has 13 heteroatoms. The molecule has 0 bridgehead atoms. The first-order valence-electron chi connectivity index (χ1n) is 7.93. The molecule has 0 unspecified atom stereocenters. The van der Waals surface area contributed by atoms with Gasteiger partial charge >= 0.3 is 18.2 Å². The van der Waals surface area contributed by atoms with Crippen LogP contribution in [0.2, 0.25) is 0 Å². The Hall–Kier alpha value is -3.35. The van der Waals surface area contributed by atoms with Crippen molar-refractivity contribution >= 4 is 17.4 Å². The lowest BCUT2D eigenvalue weighted by atomic mass is 10.2. The summed E-state index contributed by atoms with van der Waals surface area (Å²) in [6, 6.07) is 4.57. The molecule has 2 heterocycles. The van der Waals surface area contributed by atoms with Crippen molar-refractivity contribution in [3.8, 4) is 11.8 Å². The summed E-state index contributed by atoms with van der Waals surface area (Å²) < 4.78 is 46.9. The second-order valence-corrected chi connectivity index (χ2v) is 5.80. The molecule has 1 aliphatic heterocycles. The lowest BCUT2D eigenvalue weighted by Crippen LogP contribution is -2.44. The normalized spacial score (nSPS) is 16.0. The van der Waals surface area contributed by atoms with Crippen LogP contribution in [0.4, 0.5) is 24.7 Å². The molecule has 150 valence electrons. The van der Waals surface area contributed by atoms with E-state index in [0.29, 0.717) is 12.2 Å². The first kappa shape index (κ1) is 19.4. The average Bonchev–Trinajstić information content (AvgIpc) is 3.04. The van der Waals surface area contributed by atoms with Crippen molar-refractivity contribution in [1.82, 2.24) is 14.9 Å². The molecule has 3 rings (SSSR count). The van der Waals surface area contributed by atoms with Gasteiger partial charge in [-0.15, -0.1) is 13.2 Å². The van der Waals surface area contributed by atoms with Crippen molar-refractivity contribution in [2.24, 2.45) is 0 Å². The monoisotopic (exact) mass is 401 g/mol. The van der Waals surface area contributed by atoms with Gasteiger partial charge in [-0.2, -0.15) is 0 Å². The summed E-state index contributed by atoms with van der Waals surface area (Å²) in [4.78, 5) is 25.8. The number of hydrogen-bond donors (Lipinski definition) is 2. The zero-order chi connectivity index (χ0) is 20.3. The number of carbonyl (C=O) groups is 1. The minimum Gasteiger partial charge on any atom is -0.444 e. The fourth-order valence-electron chi connectivity index (χ4n) is 2.49. The van der Waals surface area contributed by atoms with E-state index in [1.54, 1.807) is 0 Å². The first-order chi connectivity index (χ1) is 13.2. The van der Waals surface area contributed by atoms with Gasteiger partial charge in [0.1, 0.15) is 18.6 Å². The fourth-order valence-corrected chi connectivity index (χ4v) is 2.49. The Labute approximate surface area is 155 Å². The third-order valence-corrected chi connectivity index (χ3v) is 3.67. The molecule has 1 aromatic carbocycles. The van der Waals surface area contributed by atoms with Gasteiger partial charge < -0.3 is 30.2 Å². The number of imidazole rings is 1. The summed E-state index contributed by atoms with van der Waals surface area (Å²) in [6.45, 7) is 0.402. The summed E-state index contributed by atoms with van der Waals surface area (Å²) >= 11 is 0. The van der Waals surface area contributed by atoms with Gasteiger partial charge in [0.15, 0.2) is 0 Å². The van der Waals surface area contributed by atoms with E-state index in [-0.39, 0.29) is 31.0 Å². The standard InChI is InChI=1S/C15H14F3N5O5/c16-15(17,18)28-11-3-1-9(2-4-11)20-13(24)5-19-10-6-22-7-12(23(25)26)21-14(22)27-8-10/h1-4,7,10,19H,5-6,8H2,(H,20,24)/t10-/m0/s1. The van der Waals surface area contributed by atoms with Crippen molar-refractivity contribution in [3.63, 3.8) is 0 Å². The number of halogens is 3. The number of rotatable bonds is 6. The summed E-state index contributed by atoms with van der Waals surface area (Å²) in [6.07, 6.45) is -3.54. The zero-order valence-corrected chi connectivity index (χ0v) is 14.1. The number of alkyl halides is 3. The van der Waals surface area contributed by atoms with E-state index >= 15 is 0 Å². The minimum absolute atomic E-state index is 0.0963. The number of anilines is 1. The van der Waals surface area contributed by atoms with Crippen molar-refractivity contribution in [2.45, 2.75) is 18.9 Å². The largest absolute Gasteiger partial charge is 0.573 e. The van der Waals surface area contributed by atoms with E-state index in [4.69, 9.17) is 4.74 Å². The second-order valence-electron chi connectivity index (χ2n) is 5.80. The second kappa shape index (κ2) is 7.72. The van der Waals surface area contributed by atoms with Gasteiger partial charge in [-0.05, 0) is 29.2 Å². The Bertz CT molecular complexity index is 868. The molecule has 2 N–H and O–H groups in total. The summed E-state index contributed by atoms with van der Waals surface area (Å²) in [5.74, 6) is -1.15. The molecule has 0 saturated carbocycles. The molecule has 0 saturated heterocycles. The van der Waals surface area contributed by atoms with Crippen molar-refractivity contribution in [2.75, 3.05) is 18.5 Å². The maximum absolute atomic E-state index is 12.1. The van der Waals surface area contributed by atoms with Gasteiger partial charge in [0.2, 0.25) is 5.91 Å². The highest BCUT2D eigenvalue weighted by atomic mass is 19.4. The number of carbonyl (C=O) groups excluding carboxylic acids is 1. The van der Waals surface area contributed by atoms with E-state index in [1.807, 2.05) is 0 Å². The van der Waals surface area contributed by atoms with Gasteiger partial charge in [-0.3, -0.25) is 9.36 Å². The highest BCUT2D eigenvalue weighted by Crippen LogP contribution is 2.24. The molecular formula is C15H14F3N5O5. The van der Waals surface area contributed by atoms with Gasteiger partial charge in [0.25, 0.3) is 0 Å². The highest BCUT2D eigenvalue weighted by Gasteiger charge is 2.31. The zero-order valence-electron chi connectivity index (χ0n) is 14.1. The number of hydrogen-bond acceptors (Lipinski definition) is 7. The van der Waals surface area contributed by atoms with E-state index in [2.05, 4.69) is 20.4 Å². The van der Waals surface area contributed by atoms with Crippen LogP contribution in [0.5, 0.6) is 11.8 Å². The summed E-state index contributed by atoms with van der Waals surface area (Å²) in [5.41, 5.74) is 0.300. The van der Waals surface area contributed by atoms with Crippen LogP contribution >= 0.6 is 0 Å². The lowest BCUT2D eigenvalue weighted by molar-refractivity contribution is -0.389. The smallest absolute Gasteiger partial charge is 0.444 e. The number of nitro groups is 1. The summed E-state index contributed by atoms with van der Waals surface area (Å²) in [5, 5.41) is 16.2. The van der Waals surface area contributed by atoms with Gasteiger partial charge in [0.05, 0.1) is 12.6 Å². The van der Waals surface area contributed by atoms with Crippen LogP contribution in [-0.4, -0.2) is 45.9 Å². The number of nitrogens with zero attached hydrogens (tertiary/aromatic N) is 3. The molecule has 1 aromatic heterocycles. The molecule has 1 aliphatic rings. The molecule has 0 fully saturated rings. The molecule has 10 nitrogen and oxygen atoms in total. The predicted octanol–water partition coefficient (Wildman–Crippen LogP) is 1.68. The van der Waals surface area contributed by atoms with Crippen LogP contribution in [0.25, 0.3) is 0 Å². The Morgan fingerprint density at radius 1 is 1.39 bits per heavy atom. The molecule has 0 radical (unpaired) electrons. The Morgan fingerprint density at radius 3 is 2.75 bits per heavy atom. The fraction of sp³-hybridized carbons (Fsp3) is 0.333. The Balaban J connectivity index is 1.47. The van der Waals surface area contributed by atoms with Crippen LogP contribution in [0.1, 0.15) is 0 Å². The van der Waals surface area contributed by atoms with E-state index < -0.39 is 22.9 Å². The van der Waals surface area contributed by atoms with Gasteiger partial charge in [-0.1, -0.05) is 0 Å². The Morgan fingerprint density at radius 2 is 2.11 bits per heavy atom. The molecule has 1 amide bonds. The quantitative estimate of drug-likeness (QED) is 0.558. The highest BCUT2D eigenvalue weighted by molar-refractivity contribution is 5.92. The number of fused-ring (bicyclic) bond motifs is 1. The van der Waals surface area contributed by atoms with Crippen LogP contribution in [0.3, 0.4) is 0 Å². The third kappa shape index (κ3) is 5.09. The predicted molar refractivity (Wildman–Crippen MR) is 87.9 cm³/mol. The maximum Gasteiger partial charge on any atom is 0.573 e. The van der Waals surface area contributed by atoms with Gasteiger partial charge in [-0.25, -0.2) is 0 Å². The first-order valence-corrected chi connectivity index (χ1v) is 7.93. The molecule has 0 aliphatic carbocycles. The molecule has 28 heavy (non-hydrogen) atoms. The minimum atomic E-state index is -4.79. The van der Waals surface area contributed by atoms with Crippen LogP contribution in [-0.2, 0) is 11.3 Å². The number of amides is 1. The van der Waals surface area contributed by atoms with Crippen molar-refractivity contribution < 1.29 is 32.4 Å². The third-order valence-electron chi connectivity index (χ3n) is 3.67. The van der Waals surface area contributed by atoms with Crippen LogP contribution < -0.4 is 20.1 Å². The number of aromatic nitrogens is 2. The number of nitrogens with one attached hydrogen (secondary N) is 2. The summed E-state index contributed by atoms with van der Waals surface area (Å²) in [7, 11) is 0. The molecule has 2 aromatic rings. The molecular weight excluding hydrogens is 387 g/mol. The number of benzene rings is 1. The SMILES string of the molecule is O=C(CN[C@@H]1COc2nc([N+](=O)[O-])cn2C1)Nc1ccc(OC(F)(F)F)cc1. The molecule has 1 atom stereocenters. The van der Waals surface area contributed by atoms with E-state index in [9.17, 15) is 28.1 Å². The average molecular weight is 401 g/mol. The van der Waals surface area contributed by atoms with Crippen molar-refractivity contribution in [3.05, 3.63) is 40.6 Å². The number of ether oxygens (including phenoxy) is 2. The van der Waals surface area contributed by atoms with Crippen LogP contribution in [0.15, 0.2) is 30.5 Å².